The van der Waals surface area contributed by atoms with Gasteiger partial charge in [0.25, 0.3) is 5.91 Å². The number of methoxy groups -OCH3 is 1. The lowest BCUT2D eigenvalue weighted by molar-refractivity contribution is -0.123. The van der Waals surface area contributed by atoms with Crippen LogP contribution in [0.3, 0.4) is 0 Å². The molecular weight excluding hydrogens is 408 g/mol. The third-order valence-electron chi connectivity index (χ3n) is 5.50. The standard InChI is InChI=1S/C24H30N4O4/c1-26(13-8-14-29)24-21(22(31)25-17-30)28(16-18-9-5-4-6-10-18)23(27(24)2)19-11-7-12-20(15-19)32-3/h4-7,9-12,15,17,23,29H,8,13-14,16H2,1-3H3,(H,25,30,31). The highest BCUT2D eigenvalue weighted by Gasteiger charge is 2.41. The van der Waals surface area contributed by atoms with Crippen LogP contribution in [0.25, 0.3) is 0 Å². The number of hydrogen-bond donors (Lipinski definition) is 2. The zero-order valence-corrected chi connectivity index (χ0v) is 18.7. The molecule has 0 aromatic heterocycles. The maximum absolute atomic E-state index is 13.1. The molecule has 2 aromatic rings. The quantitative estimate of drug-likeness (QED) is 0.548. The summed E-state index contributed by atoms with van der Waals surface area (Å²) >= 11 is 0. The fourth-order valence-corrected chi connectivity index (χ4v) is 4.11. The molecule has 1 aliphatic heterocycles. The van der Waals surface area contributed by atoms with Crippen molar-refractivity contribution in [2.75, 3.05) is 34.4 Å². The van der Waals surface area contributed by atoms with Gasteiger partial charge in [0.15, 0.2) is 0 Å². The van der Waals surface area contributed by atoms with E-state index < -0.39 is 5.91 Å². The van der Waals surface area contributed by atoms with Crippen LogP contribution in [0.4, 0.5) is 0 Å². The van der Waals surface area contributed by atoms with E-state index in [2.05, 4.69) is 5.32 Å². The molecule has 0 fully saturated rings. The number of carbonyl (C=O) groups excluding carboxylic acids is 2. The Labute approximate surface area is 188 Å². The molecule has 1 aliphatic rings. The van der Waals surface area contributed by atoms with Crippen molar-refractivity contribution in [3.05, 3.63) is 77.2 Å². The second-order valence-corrected chi connectivity index (χ2v) is 7.64. The SMILES string of the molecule is COc1cccc(C2N(C)C(N(C)CCCO)=C(C(=O)NC=O)N2Cc2ccccc2)c1. The summed E-state index contributed by atoms with van der Waals surface area (Å²) in [4.78, 5) is 30.2. The van der Waals surface area contributed by atoms with Gasteiger partial charge in [-0.1, -0.05) is 42.5 Å². The number of benzene rings is 2. The van der Waals surface area contributed by atoms with Crippen molar-refractivity contribution in [1.82, 2.24) is 20.0 Å². The number of rotatable bonds is 10. The summed E-state index contributed by atoms with van der Waals surface area (Å²) in [7, 11) is 5.42. The van der Waals surface area contributed by atoms with Crippen molar-refractivity contribution in [2.45, 2.75) is 19.1 Å². The lowest BCUT2D eigenvalue weighted by Gasteiger charge is -2.34. The third-order valence-corrected chi connectivity index (χ3v) is 5.50. The number of imide groups is 1. The Morgan fingerprint density at radius 2 is 1.97 bits per heavy atom. The molecule has 2 amide bonds. The molecule has 0 spiro atoms. The van der Waals surface area contributed by atoms with Crippen molar-refractivity contribution < 1.29 is 19.4 Å². The van der Waals surface area contributed by atoms with E-state index in [1.54, 1.807) is 7.11 Å². The Kier molecular flexibility index (Phi) is 7.72. The summed E-state index contributed by atoms with van der Waals surface area (Å²) in [5, 5.41) is 11.6. The first-order valence-electron chi connectivity index (χ1n) is 10.5. The summed E-state index contributed by atoms with van der Waals surface area (Å²) in [6.07, 6.45) is 0.656. The molecule has 1 atom stereocenters. The second kappa shape index (κ2) is 10.7. The van der Waals surface area contributed by atoms with Crippen LogP contribution >= 0.6 is 0 Å². The molecule has 1 unspecified atom stereocenters. The summed E-state index contributed by atoms with van der Waals surface area (Å²) < 4.78 is 5.43. The Hall–Kier alpha value is -3.52. The van der Waals surface area contributed by atoms with E-state index in [0.717, 1.165) is 16.9 Å². The van der Waals surface area contributed by atoms with E-state index in [-0.39, 0.29) is 12.8 Å². The third kappa shape index (κ3) is 4.86. The summed E-state index contributed by atoms with van der Waals surface area (Å²) in [6.45, 7) is 1.06. The van der Waals surface area contributed by atoms with Crippen LogP contribution in [0.2, 0.25) is 0 Å². The maximum Gasteiger partial charge on any atom is 0.277 e. The van der Waals surface area contributed by atoms with Crippen molar-refractivity contribution >= 4 is 12.3 Å². The fourth-order valence-electron chi connectivity index (χ4n) is 4.11. The predicted octanol–water partition coefficient (Wildman–Crippen LogP) is 1.90. The summed E-state index contributed by atoms with van der Waals surface area (Å²) in [5.74, 6) is 0.928. The van der Waals surface area contributed by atoms with E-state index in [1.807, 2.05) is 83.4 Å². The van der Waals surface area contributed by atoms with E-state index >= 15 is 0 Å². The van der Waals surface area contributed by atoms with Gasteiger partial charge in [0.05, 0.1) is 7.11 Å². The van der Waals surface area contributed by atoms with Gasteiger partial charge in [-0.25, -0.2) is 0 Å². The minimum atomic E-state index is -0.473. The van der Waals surface area contributed by atoms with Gasteiger partial charge < -0.3 is 24.5 Å². The molecule has 0 radical (unpaired) electrons. The number of hydrogen-bond acceptors (Lipinski definition) is 7. The number of nitrogens with zero attached hydrogens (tertiary/aromatic N) is 3. The van der Waals surface area contributed by atoms with E-state index in [0.29, 0.717) is 37.4 Å². The van der Waals surface area contributed by atoms with E-state index in [1.165, 1.54) is 0 Å². The highest BCUT2D eigenvalue weighted by atomic mass is 16.5. The molecule has 0 saturated heterocycles. The number of aliphatic hydroxyl groups is 1. The maximum atomic E-state index is 13.1. The van der Waals surface area contributed by atoms with Gasteiger partial charge in [-0.15, -0.1) is 0 Å². The van der Waals surface area contributed by atoms with Gasteiger partial charge in [-0.05, 0) is 29.7 Å². The zero-order valence-electron chi connectivity index (χ0n) is 18.7. The normalized spacial score (nSPS) is 15.7. The Morgan fingerprint density at radius 3 is 2.62 bits per heavy atom. The van der Waals surface area contributed by atoms with Gasteiger partial charge in [-0.2, -0.15) is 0 Å². The number of amides is 2. The summed E-state index contributed by atoms with van der Waals surface area (Å²) in [6, 6.07) is 17.6. The highest BCUT2D eigenvalue weighted by molar-refractivity contribution is 5.99. The number of ether oxygens (including phenoxy) is 1. The number of nitrogens with one attached hydrogen (secondary N) is 1. The number of carbonyl (C=O) groups is 2. The first-order valence-corrected chi connectivity index (χ1v) is 10.5. The molecule has 0 bridgehead atoms. The van der Waals surface area contributed by atoms with Gasteiger partial charge in [0, 0.05) is 33.8 Å². The number of aliphatic hydroxyl groups excluding tert-OH is 1. The first kappa shape index (κ1) is 23.1. The van der Waals surface area contributed by atoms with Gasteiger partial charge in [-0.3, -0.25) is 14.9 Å². The molecular formula is C24H30N4O4. The van der Waals surface area contributed by atoms with Crippen LogP contribution in [0.5, 0.6) is 5.75 Å². The second-order valence-electron chi connectivity index (χ2n) is 7.64. The average molecular weight is 439 g/mol. The molecule has 8 nitrogen and oxygen atoms in total. The Morgan fingerprint density at radius 1 is 1.22 bits per heavy atom. The lowest BCUT2D eigenvalue weighted by atomic mass is 10.1. The minimum absolute atomic E-state index is 0.0459. The zero-order chi connectivity index (χ0) is 23.1. The molecule has 32 heavy (non-hydrogen) atoms. The Bertz CT molecular complexity index is 963. The topological polar surface area (TPSA) is 85.3 Å². The summed E-state index contributed by atoms with van der Waals surface area (Å²) in [5.41, 5.74) is 2.38. The highest BCUT2D eigenvalue weighted by Crippen LogP contribution is 2.41. The molecule has 170 valence electrons. The van der Waals surface area contributed by atoms with Crippen LogP contribution in [0, 0.1) is 0 Å². The molecule has 1 heterocycles. The van der Waals surface area contributed by atoms with Crippen molar-refractivity contribution in [1.29, 1.82) is 0 Å². The predicted molar refractivity (Wildman–Crippen MR) is 121 cm³/mol. The van der Waals surface area contributed by atoms with Gasteiger partial charge in [0.1, 0.15) is 23.4 Å². The molecule has 2 aromatic carbocycles. The minimum Gasteiger partial charge on any atom is -0.497 e. The molecule has 0 aliphatic carbocycles. The van der Waals surface area contributed by atoms with Crippen LogP contribution in [-0.2, 0) is 16.1 Å². The van der Waals surface area contributed by atoms with Crippen molar-refractivity contribution in [2.24, 2.45) is 0 Å². The molecule has 2 N–H and O–H groups in total. The molecule has 0 saturated carbocycles. The molecule has 8 heteroatoms. The average Bonchev–Trinajstić information content (AvgIpc) is 3.10. The van der Waals surface area contributed by atoms with Crippen LogP contribution in [0.15, 0.2) is 66.1 Å². The Balaban J connectivity index is 2.13. The van der Waals surface area contributed by atoms with Crippen LogP contribution in [0.1, 0.15) is 23.7 Å². The van der Waals surface area contributed by atoms with Gasteiger partial charge >= 0.3 is 0 Å². The largest absolute Gasteiger partial charge is 0.497 e. The fraction of sp³-hybridized carbons (Fsp3) is 0.333. The van der Waals surface area contributed by atoms with Crippen LogP contribution in [-0.4, -0.2) is 66.5 Å². The van der Waals surface area contributed by atoms with Crippen LogP contribution < -0.4 is 10.1 Å². The smallest absolute Gasteiger partial charge is 0.277 e. The van der Waals surface area contributed by atoms with E-state index in [9.17, 15) is 14.7 Å². The lowest BCUT2D eigenvalue weighted by Crippen LogP contribution is -2.35. The first-order chi connectivity index (χ1) is 15.5. The molecule has 3 rings (SSSR count). The van der Waals surface area contributed by atoms with Gasteiger partial charge in [0.2, 0.25) is 6.41 Å². The monoisotopic (exact) mass is 438 g/mol. The van der Waals surface area contributed by atoms with Crippen molar-refractivity contribution in [3.8, 4) is 5.75 Å². The van der Waals surface area contributed by atoms with Crippen molar-refractivity contribution in [3.63, 3.8) is 0 Å². The van der Waals surface area contributed by atoms with E-state index in [4.69, 9.17) is 4.74 Å².